The Kier molecular flexibility index (Phi) is 18.3. The van der Waals surface area contributed by atoms with E-state index in [1.54, 1.807) is 21.6 Å². The summed E-state index contributed by atoms with van der Waals surface area (Å²) in [5.41, 5.74) is 0. The molecule has 0 aliphatic heterocycles. The third-order valence-electron chi connectivity index (χ3n) is 0.167. The molecule has 0 aromatic rings. The van der Waals surface area contributed by atoms with Gasteiger partial charge in [0.15, 0.2) is 0 Å². The minimum atomic E-state index is -5.14. The van der Waals surface area contributed by atoms with Gasteiger partial charge in [0.25, 0.3) is 0 Å². The van der Waals surface area contributed by atoms with Crippen molar-refractivity contribution in [1.82, 2.24) is 0 Å². The third-order valence-corrected chi connectivity index (χ3v) is 1.50. The van der Waals surface area contributed by atoms with Crippen molar-refractivity contribution < 1.29 is 38.7 Å². The zero-order chi connectivity index (χ0) is 7.91. The van der Waals surface area contributed by atoms with Gasteiger partial charge < -0.3 is 19.2 Å². The first kappa shape index (κ1) is 17.5. The zero-order valence-electron chi connectivity index (χ0n) is 5.64. The Morgan fingerprint density at radius 1 is 1.30 bits per heavy atom. The van der Waals surface area contributed by atoms with Crippen molar-refractivity contribution >= 4 is 29.4 Å². The Labute approximate surface area is 80.6 Å². The first-order chi connectivity index (χ1) is 3.91. The maximum absolute atomic E-state index is 8.66. The molecular formula is C2H7O4PS2Zn. The predicted molar refractivity (Wildman–Crippen MR) is 36.9 cm³/mol. The summed E-state index contributed by atoms with van der Waals surface area (Å²) >= 11 is 0. The van der Waals surface area contributed by atoms with E-state index in [1.165, 1.54) is 0 Å². The second kappa shape index (κ2) is 10.4. The van der Waals surface area contributed by atoms with Crippen LogP contribution in [0, 0.1) is 0 Å². The van der Waals surface area contributed by atoms with Crippen molar-refractivity contribution in [2.24, 2.45) is 0 Å². The van der Waals surface area contributed by atoms with Crippen LogP contribution in [-0.4, -0.2) is 17.4 Å². The molecule has 0 spiro atoms. The molecular weight excluding hydrogens is 249 g/mol. The molecule has 0 aliphatic rings. The molecule has 0 amide bonds. The molecule has 0 bridgehead atoms. The molecule has 0 saturated heterocycles. The maximum atomic E-state index is 8.66. The Balaban J connectivity index is -0.0000000910. The third kappa shape index (κ3) is 113. The number of hydrogen-bond donors (Lipinski definition) is 1. The van der Waals surface area contributed by atoms with Gasteiger partial charge >= 0.3 is 19.5 Å². The van der Waals surface area contributed by atoms with Crippen LogP contribution < -0.4 is 9.79 Å². The molecule has 58 valence electrons. The van der Waals surface area contributed by atoms with Crippen molar-refractivity contribution in [3.05, 3.63) is 0 Å². The van der Waals surface area contributed by atoms with Gasteiger partial charge in [-0.15, -0.1) is 0 Å². The van der Waals surface area contributed by atoms with Gasteiger partial charge in [-0.05, 0) is 12.5 Å². The monoisotopic (exact) mass is 254 g/mol. The fraction of sp³-hybridized carbons (Fsp3) is 1.00. The van der Waals surface area contributed by atoms with Crippen molar-refractivity contribution in [3.8, 4) is 0 Å². The Morgan fingerprint density at radius 3 is 1.40 bits per heavy atom. The average Bonchev–Trinajstić information content (AvgIpc) is 1.61. The fourth-order valence-corrected chi connectivity index (χ4v) is 0. The predicted octanol–water partition coefficient (Wildman–Crippen LogP) is -0.568. The van der Waals surface area contributed by atoms with E-state index in [-0.39, 0.29) is 19.5 Å². The largest absolute Gasteiger partial charge is 2.00 e. The molecule has 0 fully saturated rings. The topological polar surface area (TPSA) is 83.4 Å². The summed E-state index contributed by atoms with van der Waals surface area (Å²) in [5.74, 6) is 0. The van der Waals surface area contributed by atoms with Gasteiger partial charge in [-0.3, -0.25) is 0 Å². The molecule has 0 saturated carbocycles. The van der Waals surface area contributed by atoms with Crippen LogP contribution in [-0.2, 0) is 24.0 Å². The minimum absolute atomic E-state index is 0. The van der Waals surface area contributed by atoms with E-state index in [0.29, 0.717) is 0 Å². The van der Waals surface area contributed by atoms with Crippen molar-refractivity contribution in [3.63, 3.8) is 0 Å². The molecule has 0 aromatic carbocycles. The van der Waals surface area contributed by atoms with E-state index in [2.05, 4.69) is 12.5 Å². The summed E-state index contributed by atoms with van der Waals surface area (Å²) in [5, 5.41) is 0. The van der Waals surface area contributed by atoms with Crippen LogP contribution in [0.3, 0.4) is 0 Å². The molecule has 0 radical (unpaired) electrons. The van der Waals surface area contributed by atoms with Crippen LogP contribution in [0.25, 0.3) is 0 Å². The van der Waals surface area contributed by atoms with E-state index in [1.807, 2.05) is 0 Å². The van der Waals surface area contributed by atoms with Gasteiger partial charge in [0.2, 0.25) is 0 Å². The van der Waals surface area contributed by atoms with Gasteiger partial charge in [0.05, 0.1) is 7.82 Å². The van der Waals surface area contributed by atoms with Crippen LogP contribution in [0.4, 0.5) is 0 Å². The van der Waals surface area contributed by atoms with E-state index >= 15 is 0 Å². The second-order valence-corrected chi connectivity index (χ2v) is 4.41. The van der Waals surface area contributed by atoms with Crippen molar-refractivity contribution in [2.75, 3.05) is 12.5 Å². The summed E-state index contributed by atoms with van der Waals surface area (Å²) in [6.07, 6.45) is 4.12. The summed E-state index contributed by atoms with van der Waals surface area (Å²) in [6, 6.07) is 0. The van der Waals surface area contributed by atoms with Gasteiger partial charge in [-0.25, -0.2) is 0 Å². The molecule has 0 aromatic heterocycles. The Hall–Kier alpha value is 1.43. The molecule has 4 nitrogen and oxygen atoms in total. The molecule has 0 unspecified atom stereocenters. The van der Waals surface area contributed by atoms with Crippen LogP contribution in [0.2, 0.25) is 0 Å². The summed E-state index contributed by atoms with van der Waals surface area (Å²) in [4.78, 5) is 24.3. The van der Waals surface area contributed by atoms with Crippen LogP contribution in [0.15, 0.2) is 0 Å². The van der Waals surface area contributed by atoms with Gasteiger partial charge in [-0.1, -0.05) is 21.6 Å². The Bertz CT molecular complexity index is 85.0. The molecule has 1 N–H and O–H groups in total. The molecule has 0 rings (SSSR count). The fourth-order valence-electron chi connectivity index (χ4n) is 0. The molecule has 0 aliphatic carbocycles. The normalized spacial score (nSPS) is 8.90. The molecule has 8 heteroatoms. The Morgan fingerprint density at radius 2 is 1.40 bits per heavy atom. The van der Waals surface area contributed by atoms with Crippen molar-refractivity contribution in [2.45, 2.75) is 0 Å². The molecule has 0 heterocycles. The van der Waals surface area contributed by atoms with E-state index < -0.39 is 7.82 Å². The average molecular weight is 256 g/mol. The van der Waals surface area contributed by atoms with Crippen LogP contribution in [0.5, 0.6) is 0 Å². The summed E-state index contributed by atoms with van der Waals surface area (Å²) < 4.78 is 8.66. The van der Waals surface area contributed by atoms with Crippen LogP contribution >= 0.6 is 29.4 Å². The zero-order valence-corrected chi connectivity index (χ0v) is 11.1. The quantitative estimate of drug-likeness (QED) is 0.384. The van der Waals surface area contributed by atoms with E-state index in [0.717, 1.165) is 0 Å². The van der Waals surface area contributed by atoms with Gasteiger partial charge in [0.1, 0.15) is 0 Å². The number of phosphoric acid groups is 1. The van der Waals surface area contributed by atoms with E-state index in [9.17, 15) is 0 Å². The minimum Gasteiger partial charge on any atom is -0.790 e. The number of hydrogen-bond acceptors (Lipinski definition) is 5. The van der Waals surface area contributed by atoms with Crippen molar-refractivity contribution in [1.29, 1.82) is 0 Å². The SMILES string of the molecule is CSSC.O=P([O-])([O-])O.[Zn+2]. The standard InChI is InChI=1S/C2H6S2.H3O4P.Zn/c1-3-4-2;1-5(2,3)4;/h1-2H3;(H3,1,2,3,4);/q;;+2/p-2. The van der Waals surface area contributed by atoms with Gasteiger partial charge in [-0.2, -0.15) is 0 Å². The smallest absolute Gasteiger partial charge is 0.790 e. The summed E-state index contributed by atoms with van der Waals surface area (Å²) in [6.45, 7) is 0. The first-order valence-electron chi connectivity index (χ1n) is 1.73. The summed E-state index contributed by atoms with van der Waals surface area (Å²) in [7, 11) is -1.59. The van der Waals surface area contributed by atoms with Crippen LogP contribution in [0.1, 0.15) is 0 Å². The first-order valence-corrected chi connectivity index (χ1v) is 6.19. The number of rotatable bonds is 1. The van der Waals surface area contributed by atoms with Gasteiger partial charge in [0, 0.05) is 0 Å². The molecule has 0 atom stereocenters. The van der Waals surface area contributed by atoms with E-state index in [4.69, 9.17) is 19.2 Å². The maximum Gasteiger partial charge on any atom is 2.00 e. The second-order valence-electron chi connectivity index (χ2n) is 0.802. The molecule has 10 heavy (non-hydrogen) atoms.